The number of hydrogen-bond acceptors (Lipinski definition) is 8. The summed E-state index contributed by atoms with van der Waals surface area (Å²) in [6, 6.07) is 19.6. The van der Waals surface area contributed by atoms with Gasteiger partial charge in [0.2, 0.25) is 5.16 Å². The Hall–Kier alpha value is -4.18. The standard InChI is InChI=1S/C23H19N7O2S/c1-2-32-22(31)18-14-33-23-26-25-21(30(23)28-20(18)24)17-13-29(16-11-7-4-8-12-16)27-19(17)15-9-5-3-6-10-15/h3-14H,2H2,1H3,(H2,24,28). The molecule has 0 radical (unpaired) electrons. The van der Waals surface area contributed by atoms with E-state index in [9.17, 15) is 4.79 Å². The molecule has 0 saturated heterocycles. The summed E-state index contributed by atoms with van der Waals surface area (Å²) in [6.45, 7) is 1.98. The van der Waals surface area contributed by atoms with Crippen LogP contribution in [0.3, 0.4) is 0 Å². The van der Waals surface area contributed by atoms with Crippen LogP contribution in [0.1, 0.15) is 6.92 Å². The van der Waals surface area contributed by atoms with Gasteiger partial charge in [0.05, 0.1) is 17.9 Å². The lowest BCUT2D eigenvalue weighted by Crippen LogP contribution is -2.23. The molecule has 5 rings (SSSR count). The number of rotatable bonds is 5. The highest BCUT2D eigenvalue weighted by molar-refractivity contribution is 8.02. The van der Waals surface area contributed by atoms with Crippen molar-refractivity contribution in [2.75, 3.05) is 6.61 Å². The van der Waals surface area contributed by atoms with Crippen molar-refractivity contribution in [3.63, 3.8) is 0 Å². The maximum absolute atomic E-state index is 12.3. The first-order valence-corrected chi connectivity index (χ1v) is 11.1. The average Bonchev–Trinajstić information content (AvgIpc) is 3.41. The minimum Gasteiger partial charge on any atom is -0.462 e. The molecule has 33 heavy (non-hydrogen) atoms. The van der Waals surface area contributed by atoms with Crippen LogP contribution in [0.5, 0.6) is 0 Å². The Morgan fingerprint density at radius 1 is 1.06 bits per heavy atom. The van der Waals surface area contributed by atoms with Gasteiger partial charge in [-0.2, -0.15) is 9.77 Å². The second-order valence-electron chi connectivity index (χ2n) is 7.01. The molecule has 2 aromatic heterocycles. The van der Waals surface area contributed by atoms with E-state index in [-0.39, 0.29) is 18.0 Å². The van der Waals surface area contributed by atoms with Crippen LogP contribution in [-0.2, 0) is 9.53 Å². The number of nitrogens with two attached hydrogens (primary N) is 1. The first-order valence-electron chi connectivity index (χ1n) is 10.2. The zero-order chi connectivity index (χ0) is 22.8. The molecule has 0 fully saturated rings. The predicted octanol–water partition coefficient (Wildman–Crippen LogP) is 3.47. The summed E-state index contributed by atoms with van der Waals surface area (Å²) in [5, 5.41) is 20.0. The van der Waals surface area contributed by atoms with Crippen LogP contribution in [0, 0.1) is 0 Å². The number of carbonyl (C=O) groups excluding carboxylic acids is 1. The molecule has 0 saturated carbocycles. The second kappa shape index (κ2) is 8.75. The molecule has 164 valence electrons. The molecule has 2 N–H and O–H groups in total. The van der Waals surface area contributed by atoms with E-state index < -0.39 is 5.97 Å². The Bertz CT molecular complexity index is 1370. The maximum atomic E-state index is 12.3. The van der Waals surface area contributed by atoms with Crippen LogP contribution >= 0.6 is 11.8 Å². The Labute approximate surface area is 193 Å². The zero-order valence-electron chi connectivity index (χ0n) is 17.6. The van der Waals surface area contributed by atoms with Gasteiger partial charge < -0.3 is 10.5 Å². The summed E-state index contributed by atoms with van der Waals surface area (Å²) in [5.41, 5.74) is 9.59. The van der Waals surface area contributed by atoms with Crippen molar-refractivity contribution in [3.05, 3.63) is 77.8 Å². The summed E-state index contributed by atoms with van der Waals surface area (Å²) in [7, 11) is 0. The van der Waals surface area contributed by atoms with Crippen molar-refractivity contribution in [2.24, 2.45) is 10.8 Å². The lowest BCUT2D eigenvalue weighted by Gasteiger charge is -2.05. The van der Waals surface area contributed by atoms with Crippen LogP contribution in [0.15, 0.2) is 88.1 Å². The van der Waals surface area contributed by atoms with Crippen LogP contribution in [0.25, 0.3) is 28.3 Å². The van der Waals surface area contributed by atoms with Gasteiger partial charge in [0, 0.05) is 11.8 Å². The molecule has 2 aromatic carbocycles. The van der Waals surface area contributed by atoms with Gasteiger partial charge in [-0.1, -0.05) is 60.3 Å². The smallest absolute Gasteiger partial charge is 0.342 e. The van der Waals surface area contributed by atoms with Gasteiger partial charge in [-0.15, -0.1) is 15.3 Å². The Morgan fingerprint density at radius 3 is 2.52 bits per heavy atom. The number of para-hydroxylation sites is 1. The Balaban J connectivity index is 1.65. The molecule has 0 bridgehead atoms. The van der Waals surface area contributed by atoms with Crippen LogP contribution in [0.4, 0.5) is 0 Å². The summed E-state index contributed by atoms with van der Waals surface area (Å²) in [4.78, 5) is 12.3. The molecule has 3 heterocycles. The highest BCUT2D eigenvalue weighted by atomic mass is 32.2. The molecular weight excluding hydrogens is 438 g/mol. The molecule has 10 heteroatoms. The molecule has 1 aliphatic heterocycles. The lowest BCUT2D eigenvalue weighted by atomic mass is 10.1. The van der Waals surface area contributed by atoms with E-state index in [0.29, 0.717) is 11.0 Å². The molecule has 0 amide bonds. The molecule has 4 aromatic rings. The number of thioether (sulfide) groups is 1. The van der Waals surface area contributed by atoms with E-state index >= 15 is 0 Å². The summed E-state index contributed by atoms with van der Waals surface area (Å²) in [6.07, 6.45) is 1.88. The zero-order valence-corrected chi connectivity index (χ0v) is 18.4. The number of carbonyl (C=O) groups is 1. The Kier molecular flexibility index (Phi) is 5.49. The quantitative estimate of drug-likeness (QED) is 0.457. The Morgan fingerprint density at radius 2 is 1.79 bits per heavy atom. The third kappa shape index (κ3) is 3.92. The third-order valence-electron chi connectivity index (χ3n) is 4.90. The largest absolute Gasteiger partial charge is 0.462 e. The predicted molar refractivity (Wildman–Crippen MR) is 126 cm³/mol. The number of nitrogens with zero attached hydrogens (tertiary/aromatic N) is 6. The molecule has 9 nitrogen and oxygen atoms in total. The minimum atomic E-state index is -0.534. The fourth-order valence-electron chi connectivity index (χ4n) is 3.35. The molecule has 0 atom stereocenters. The highest BCUT2D eigenvalue weighted by Gasteiger charge is 2.25. The summed E-state index contributed by atoms with van der Waals surface area (Å²) < 4.78 is 8.41. The minimum absolute atomic E-state index is 0.0254. The van der Waals surface area contributed by atoms with Gasteiger partial charge in [0.25, 0.3) is 0 Å². The van der Waals surface area contributed by atoms with E-state index in [2.05, 4.69) is 15.3 Å². The topological polar surface area (TPSA) is 113 Å². The fraction of sp³-hybridized carbons (Fsp3) is 0.0870. The number of aromatic nitrogens is 5. The molecule has 0 spiro atoms. The van der Waals surface area contributed by atoms with Gasteiger partial charge in [-0.25, -0.2) is 9.48 Å². The number of fused-ring (bicyclic) bond motifs is 1. The van der Waals surface area contributed by atoms with E-state index in [4.69, 9.17) is 15.6 Å². The number of amidine groups is 1. The van der Waals surface area contributed by atoms with Crippen LogP contribution < -0.4 is 5.73 Å². The molecular formula is C23H19N7O2S. The van der Waals surface area contributed by atoms with Gasteiger partial charge in [0.15, 0.2) is 11.7 Å². The van der Waals surface area contributed by atoms with Crippen molar-refractivity contribution < 1.29 is 9.53 Å². The fourth-order valence-corrected chi connectivity index (χ4v) is 4.11. The average molecular weight is 458 g/mol. The van der Waals surface area contributed by atoms with Crippen molar-refractivity contribution in [1.29, 1.82) is 0 Å². The molecule has 0 unspecified atom stereocenters. The number of esters is 1. The van der Waals surface area contributed by atoms with Crippen molar-refractivity contribution in [1.82, 2.24) is 24.7 Å². The highest BCUT2D eigenvalue weighted by Crippen LogP contribution is 2.34. The van der Waals surface area contributed by atoms with E-state index in [1.165, 1.54) is 16.4 Å². The molecule has 1 aliphatic rings. The van der Waals surface area contributed by atoms with Gasteiger partial charge >= 0.3 is 5.97 Å². The number of ether oxygens (including phenoxy) is 1. The normalized spacial score (nSPS) is 13.0. The third-order valence-corrected chi connectivity index (χ3v) is 5.72. The number of hydrogen-bond donors (Lipinski definition) is 1. The van der Waals surface area contributed by atoms with Gasteiger partial charge in [0.1, 0.15) is 11.3 Å². The van der Waals surface area contributed by atoms with E-state index in [1.54, 1.807) is 17.0 Å². The van der Waals surface area contributed by atoms with Crippen molar-refractivity contribution in [2.45, 2.75) is 12.1 Å². The van der Waals surface area contributed by atoms with Gasteiger partial charge in [-0.05, 0) is 24.5 Å². The number of benzene rings is 2. The van der Waals surface area contributed by atoms with Crippen LogP contribution in [0.2, 0.25) is 0 Å². The lowest BCUT2D eigenvalue weighted by molar-refractivity contribution is -0.137. The first-order chi connectivity index (χ1) is 16.2. The first kappa shape index (κ1) is 20.7. The van der Waals surface area contributed by atoms with Crippen molar-refractivity contribution in [3.8, 4) is 28.3 Å². The van der Waals surface area contributed by atoms with Crippen LogP contribution in [-0.4, -0.2) is 43.1 Å². The maximum Gasteiger partial charge on any atom is 0.342 e. The molecule has 0 aliphatic carbocycles. The SMILES string of the molecule is CCOC(=O)C1=CSc2nnc(-c3cn(-c4ccccc4)nc3-c3ccccc3)n2N=C1N. The monoisotopic (exact) mass is 457 g/mol. The summed E-state index contributed by atoms with van der Waals surface area (Å²) in [5.74, 6) is -0.0501. The van der Waals surface area contributed by atoms with Crippen molar-refractivity contribution >= 4 is 23.6 Å². The van der Waals surface area contributed by atoms with E-state index in [1.807, 2.05) is 66.9 Å². The summed E-state index contributed by atoms with van der Waals surface area (Å²) >= 11 is 1.20. The van der Waals surface area contributed by atoms with Gasteiger partial charge in [-0.3, -0.25) is 0 Å². The van der Waals surface area contributed by atoms with E-state index in [0.717, 1.165) is 22.5 Å². The second-order valence-corrected chi connectivity index (χ2v) is 7.85.